The van der Waals surface area contributed by atoms with Gasteiger partial charge in [0.05, 0.1) is 0 Å². The summed E-state index contributed by atoms with van der Waals surface area (Å²) in [6, 6.07) is 4.56. The highest BCUT2D eigenvalue weighted by atomic mass is 16.5. The molecule has 2 nitrogen and oxygen atoms in total. The predicted molar refractivity (Wildman–Crippen MR) is 111 cm³/mol. The smallest absolute Gasteiger partial charge is 0.130 e. The van der Waals surface area contributed by atoms with E-state index in [9.17, 15) is 0 Å². The monoisotopic (exact) mass is 341 g/mol. The van der Waals surface area contributed by atoms with E-state index in [-0.39, 0.29) is 5.60 Å². The minimum absolute atomic E-state index is 0.218. The lowest BCUT2D eigenvalue weighted by atomic mass is 9.93. The molecule has 1 aromatic rings. The molecule has 0 aliphatic carbocycles. The molecule has 2 rings (SSSR count). The van der Waals surface area contributed by atoms with Crippen LogP contribution in [0.15, 0.2) is 29.9 Å². The van der Waals surface area contributed by atoms with Gasteiger partial charge < -0.3 is 10.1 Å². The first kappa shape index (κ1) is 19.6. The van der Waals surface area contributed by atoms with Gasteiger partial charge in [-0.05, 0) is 83.2 Å². The van der Waals surface area contributed by atoms with E-state index >= 15 is 0 Å². The lowest BCUT2D eigenvalue weighted by Crippen LogP contribution is -2.32. The number of benzene rings is 1. The van der Waals surface area contributed by atoms with Gasteiger partial charge in [-0.1, -0.05) is 31.4 Å². The number of unbranched alkanes of at least 4 members (excludes halogenated alkanes) is 2. The SMILES string of the molecule is CCCCCc1cc(NCC)c2c(c1)OC(C)(CCC=C(C)C)C=C2. The maximum absolute atomic E-state index is 6.48. The second kappa shape index (κ2) is 9.12. The zero-order valence-corrected chi connectivity index (χ0v) is 16.7. The predicted octanol–water partition coefficient (Wildman–Crippen LogP) is 6.76. The molecule has 0 aromatic heterocycles. The number of nitrogens with one attached hydrogen (secondary N) is 1. The van der Waals surface area contributed by atoms with Gasteiger partial charge in [-0.15, -0.1) is 0 Å². The molecule has 0 spiro atoms. The Kier molecular flexibility index (Phi) is 7.16. The molecular formula is C23H35NO. The highest BCUT2D eigenvalue weighted by Crippen LogP contribution is 2.39. The van der Waals surface area contributed by atoms with Crippen LogP contribution >= 0.6 is 0 Å². The number of anilines is 1. The number of hydrogen-bond donors (Lipinski definition) is 1. The molecule has 1 atom stereocenters. The van der Waals surface area contributed by atoms with Crippen LogP contribution in [0.4, 0.5) is 5.69 Å². The van der Waals surface area contributed by atoms with Gasteiger partial charge in [-0.3, -0.25) is 0 Å². The van der Waals surface area contributed by atoms with Gasteiger partial charge >= 0.3 is 0 Å². The minimum Gasteiger partial charge on any atom is -0.483 e. The normalized spacial score (nSPS) is 18.4. The van der Waals surface area contributed by atoms with E-state index in [1.807, 2.05) is 0 Å². The quantitative estimate of drug-likeness (QED) is 0.395. The third kappa shape index (κ3) is 5.66. The number of rotatable bonds is 9. The third-order valence-electron chi connectivity index (χ3n) is 4.78. The number of aryl methyl sites for hydroxylation is 1. The van der Waals surface area contributed by atoms with Gasteiger partial charge in [0.1, 0.15) is 11.4 Å². The molecule has 0 bridgehead atoms. The van der Waals surface area contributed by atoms with E-state index in [0.717, 1.165) is 31.6 Å². The van der Waals surface area contributed by atoms with Crippen molar-refractivity contribution in [1.29, 1.82) is 0 Å². The second-order valence-electron chi connectivity index (χ2n) is 7.61. The van der Waals surface area contributed by atoms with Crippen molar-refractivity contribution < 1.29 is 4.74 Å². The summed E-state index contributed by atoms with van der Waals surface area (Å²) in [7, 11) is 0. The average molecular weight is 342 g/mol. The molecule has 0 saturated heterocycles. The van der Waals surface area contributed by atoms with E-state index in [2.05, 4.69) is 70.3 Å². The largest absolute Gasteiger partial charge is 0.483 e. The Hall–Kier alpha value is -1.70. The van der Waals surface area contributed by atoms with Crippen molar-refractivity contribution in [2.45, 2.75) is 78.7 Å². The number of hydrogen-bond acceptors (Lipinski definition) is 2. The fourth-order valence-electron chi connectivity index (χ4n) is 3.33. The van der Waals surface area contributed by atoms with Crippen molar-refractivity contribution in [3.63, 3.8) is 0 Å². The zero-order valence-electron chi connectivity index (χ0n) is 16.7. The maximum Gasteiger partial charge on any atom is 0.130 e. The van der Waals surface area contributed by atoms with E-state index in [0.29, 0.717) is 0 Å². The summed E-state index contributed by atoms with van der Waals surface area (Å²) in [5, 5.41) is 3.51. The number of allylic oxidation sites excluding steroid dienone is 2. The highest BCUT2D eigenvalue weighted by Gasteiger charge is 2.28. The molecule has 1 heterocycles. The second-order valence-corrected chi connectivity index (χ2v) is 7.61. The summed E-state index contributed by atoms with van der Waals surface area (Å²) < 4.78 is 6.48. The first-order chi connectivity index (χ1) is 12.0. The van der Waals surface area contributed by atoms with E-state index in [1.54, 1.807) is 0 Å². The van der Waals surface area contributed by atoms with Crippen molar-refractivity contribution in [3.05, 3.63) is 41.0 Å². The Labute approximate surface area is 154 Å². The lowest BCUT2D eigenvalue weighted by molar-refractivity contribution is 0.128. The molecule has 0 amide bonds. The first-order valence-electron chi connectivity index (χ1n) is 9.90. The van der Waals surface area contributed by atoms with E-state index in [4.69, 9.17) is 4.74 Å². The summed E-state index contributed by atoms with van der Waals surface area (Å²) in [4.78, 5) is 0. The lowest BCUT2D eigenvalue weighted by Gasteiger charge is -2.33. The fraction of sp³-hybridized carbons (Fsp3) is 0.565. The van der Waals surface area contributed by atoms with Crippen LogP contribution in [0.25, 0.3) is 6.08 Å². The molecule has 1 N–H and O–H groups in total. The Morgan fingerprint density at radius 1 is 1.20 bits per heavy atom. The summed E-state index contributed by atoms with van der Waals surface area (Å²) in [6.07, 6.45) is 13.7. The maximum atomic E-state index is 6.48. The van der Waals surface area contributed by atoms with Crippen molar-refractivity contribution in [3.8, 4) is 5.75 Å². The topological polar surface area (TPSA) is 21.3 Å². The zero-order chi connectivity index (χ0) is 18.3. The molecule has 1 unspecified atom stereocenters. The van der Waals surface area contributed by atoms with E-state index in [1.165, 1.54) is 41.6 Å². The van der Waals surface area contributed by atoms with Crippen LogP contribution in [-0.2, 0) is 6.42 Å². The molecule has 138 valence electrons. The molecule has 25 heavy (non-hydrogen) atoms. The molecule has 2 heteroatoms. The highest BCUT2D eigenvalue weighted by molar-refractivity contribution is 5.75. The fourth-order valence-corrected chi connectivity index (χ4v) is 3.33. The van der Waals surface area contributed by atoms with Crippen LogP contribution in [0.2, 0.25) is 0 Å². The molecular weight excluding hydrogens is 306 g/mol. The van der Waals surface area contributed by atoms with E-state index < -0.39 is 0 Å². The summed E-state index contributed by atoms with van der Waals surface area (Å²) in [6.45, 7) is 11.8. The van der Waals surface area contributed by atoms with Crippen LogP contribution in [0.5, 0.6) is 5.75 Å². The van der Waals surface area contributed by atoms with Gasteiger partial charge in [-0.2, -0.15) is 0 Å². The molecule has 1 aliphatic rings. The molecule has 0 radical (unpaired) electrons. The van der Waals surface area contributed by atoms with Crippen LogP contribution in [0, 0.1) is 0 Å². The Bertz CT molecular complexity index is 625. The minimum atomic E-state index is -0.218. The molecule has 0 fully saturated rings. The summed E-state index contributed by atoms with van der Waals surface area (Å²) in [5.74, 6) is 1.03. The van der Waals surface area contributed by atoms with Gasteiger partial charge in [0.15, 0.2) is 0 Å². The van der Waals surface area contributed by atoms with Crippen LogP contribution in [0.3, 0.4) is 0 Å². The first-order valence-corrected chi connectivity index (χ1v) is 9.90. The van der Waals surface area contributed by atoms with Crippen molar-refractivity contribution >= 4 is 11.8 Å². The Balaban J connectivity index is 2.21. The van der Waals surface area contributed by atoms with Gasteiger partial charge in [0.25, 0.3) is 0 Å². The Morgan fingerprint density at radius 2 is 2.00 bits per heavy atom. The van der Waals surface area contributed by atoms with Gasteiger partial charge in [0.2, 0.25) is 0 Å². The molecule has 1 aromatic carbocycles. The van der Waals surface area contributed by atoms with Crippen LogP contribution < -0.4 is 10.1 Å². The average Bonchev–Trinajstić information content (AvgIpc) is 2.54. The van der Waals surface area contributed by atoms with Crippen molar-refractivity contribution in [1.82, 2.24) is 0 Å². The van der Waals surface area contributed by atoms with Gasteiger partial charge in [0, 0.05) is 17.8 Å². The van der Waals surface area contributed by atoms with Gasteiger partial charge in [-0.25, -0.2) is 0 Å². The standard InChI is InChI=1S/C23H35NO/c1-6-8-9-12-19-16-21(24-7-2)20-13-15-23(5,25-22(20)17-19)14-10-11-18(3)4/h11,13,15-17,24H,6-10,12,14H2,1-5H3. The molecule has 1 aliphatic heterocycles. The number of fused-ring (bicyclic) bond motifs is 1. The molecule has 0 saturated carbocycles. The van der Waals surface area contributed by atoms with Crippen LogP contribution in [-0.4, -0.2) is 12.1 Å². The van der Waals surface area contributed by atoms with Crippen LogP contribution in [0.1, 0.15) is 77.8 Å². The third-order valence-corrected chi connectivity index (χ3v) is 4.78. The summed E-state index contributed by atoms with van der Waals surface area (Å²) in [5.41, 5.74) is 4.93. The van der Waals surface area contributed by atoms with Crippen molar-refractivity contribution in [2.75, 3.05) is 11.9 Å². The van der Waals surface area contributed by atoms with Crippen molar-refractivity contribution in [2.24, 2.45) is 0 Å². The number of ether oxygens (including phenoxy) is 1. The Morgan fingerprint density at radius 3 is 2.68 bits per heavy atom. The summed E-state index contributed by atoms with van der Waals surface area (Å²) >= 11 is 0.